The monoisotopic (exact) mass is 281 g/mol. The van der Waals surface area contributed by atoms with Crippen molar-refractivity contribution in [3.05, 3.63) is 71.5 Å². The van der Waals surface area contributed by atoms with Crippen LogP contribution in [0.15, 0.2) is 54.6 Å². The van der Waals surface area contributed by atoms with Crippen molar-refractivity contribution in [2.75, 3.05) is 5.73 Å². The third-order valence-electron chi connectivity index (χ3n) is 3.37. The van der Waals surface area contributed by atoms with Gasteiger partial charge in [-0.1, -0.05) is 29.8 Å². The van der Waals surface area contributed by atoms with Crippen LogP contribution in [0.2, 0.25) is 0 Å². The van der Waals surface area contributed by atoms with Gasteiger partial charge in [-0.05, 0) is 36.8 Å². The Bertz CT molecular complexity index is 760. The summed E-state index contributed by atoms with van der Waals surface area (Å²) in [6, 6.07) is 16.3. The van der Waals surface area contributed by atoms with Crippen LogP contribution in [0.4, 0.5) is 10.2 Å². The van der Waals surface area contributed by atoms with Crippen molar-refractivity contribution in [1.29, 1.82) is 0 Å². The average Bonchev–Trinajstić information content (AvgIpc) is 2.81. The van der Waals surface area contributed by atoms with E-state index in [1.807, 2.05) is 18.2 Å². The van der Waals surface area contributed by atoms with Crippen molar-refractivity contribution in [3.8, 4) is 11.3 Å². The molecule has 3 rings (SSSR count). The molecule has 3 nitrogen and oxygen atoms in total. The van der Waals surface area contributed by atoms with E-state index in [9.17, 15) is 4.39 Å². The third kappa shape index (κ3) is 2.94. The topological polar surface area (TPSA) is 43.8 Å². The molecule has 1 heterocycles. The molecule has 106 valence electrons. The van der Waals surface area contributed by atoms with E-state index < -0.39 is 0 Å². The van der Waals surface area contributed by atoms with Crippen molar-refractivity contribution in [2.24, 2.45) is 0 Å². The van der Waals surface area contributed by atoms with E-state index in [1.165, 1.54) is 17.7 Å². The molecule has 0 saturated heterocycles. The Morgan fingerprint density at radius 3 is 2.57 bits per heavy atom. The van der Waals surface area contributed by atoms with E-state index in [1.54, 1.807) is 16.8 Å². The summed E-state index contributed by atoms with van der Waals surface area (Å²) >= 11 is 0. The molecule has 21 heavy (non-hydrogen) atoms. The first-order valence-corrected chi connectivity index (χ1v) is 6.76. The number of nitrogen functional groups attached to an aromatic ring is 1. The fraction of sp³-hybridized carbons (Fsp3) is 0.118. The van der Waals surface area contributed by atoms with Crippen LogP contribution >= 0.6 is 0 Å². The fourth-order valence-corrected chi connectivity index (χ4v) is 2.30. The summed E-state index contributed by atoms with van der Waals surface area (Å²) in [5.41, 5.74) is 9.98. The Morgan fingerprint density at radius 2 is 1.86 bits per heavy atom. The minimum absolute atomic E-state index is 0.258. The zero-order valence-corrected chi connectivity index (χ0v) is 11.8. The highest BCUT2D eigenvalue weighted by Gasteiger charge is 2.08. The van der Waals surface area contributed by atoms with Crippen LogP contribution in [0.3, 0.4) is 0 Å². The second-order valence-corrected chi connectivity index (χ2v) is 5.11. The number of nitrogens with two attached hydrogens (primary N) is 1. The van der Waals surface area contributed by atoms with Crippen molar-refractivity contribution in [2.45, 2.75) is 13.5 Å². The average molecular weight is 281 g/mol. The van der Waals surface area contributed by atoms with Gasteiger partial charge in [0.05, 0.1) is 12.2 Å². The molecule has 0 aliphatic heterocycles. The molecule has 0 radical (unpaired) electrons. The molecular formula is C17H16FN3. The molecule has 0 unspecified atom stereocenters. The quantitative estimate of drug-likeness (QED) is 0.796. The molecule has 0 bridgehead atoms. The maximum atomic E-state index is 13.0. The molecule has 0 aliphatic rings. The predicted molar refractivity (Wildman–Crippen MR) is 82.3 cm³/mol. The molecular weight excluding hydrogens is 265 g/mol. The number of benzene rings is 2. The SMILES string of the molecule is Cc1cccc(Cn2nc(-c3ccc(F)cc3)cc2N)c1. The Balaban J connectivity index is 1.89. The smallest absolute Gasteiger partial charge is 0.123 e. The number of nitrogens with zero attached hydrogens (tertiary/aromatic N) is 2. The highest BCUT2D eigenvalue weighted by atomic mass is 19.1. The van der Waals surface area contributed by atoms with E-state index in [4.69, 9.17) is 5.73 Å². The largest absolute Gasteiger partial charge is 0.384 e. The van der Waals surface area contributed by atoms with Crippen LogP contribution in [0, 0.1) is 12.7 Å². The lowest BCUT2D eigenvalue weighted by Crippen LogP contribution is -2.05. The molecule has 0 saturated carbocycles. The summed E-state index contributed by atoms with van der Waals surface area (Å²) in [6.07, 6.45) is 0. The molecule has 0 atom stereocenters. The maximum Gasteiger partial charge on any atom is 0.123 e. The predicted octanol–water partition coefficient (Wildman–Crippen LogP) is 3.63. The summed E-state index contributed by atoms with van der Waals surface area (Å²) in [6.45, 7) is 2.68. The first-order valence-electron chi connectivity index (χ1n) is 6.76. The molecule has 0 fully saturated rings. The molecule has 0 spiro atoms. The van der Waals surface area contributed by atoms with Gasteiger partial charge in [-0.3, -0.25) is 0 Å². The van der Waals surface area contributed by atoms with Gasteiger partial charge in [0.15, 0.2) is 0 Å². The molecule has 2 aromatic carbocycles. The zero-order chi connectivity index (χ0) is 14.8. The van der Waals surface area contributed by atoms with Gasteiger partial charge >= 0.3 is 0 Å². The number of aryl methyl sites for hydroxylation is 1. The van der Waals surface area contributed by atoms with Gasteiger partial charge in [0.2, 0.25) is 0 Å². The second kappa shape index (κ2) is 5.40. The summed E-state index contributed by atoms with van der Waals surface area (Å²) in [7, 11) is 0. The van der Waals surface area contributed by atoms with Crippen molar-refractivity contribution < 1.29 is 4.39 Å². The van der Waals surface area contributed by atoms with E-state index in [2.05, 4.69) is 24.2 Å². The number of hydrogen-bond acceptors (Lipinski definition) is 2. The molecule has 4 heteroatoms. The van der Waals surface area contributed by atoms with Crippen molar-refractivity contribution in [3.63, 3.8) is 0 Å². The van der Waals surface area contributed by atoms with Crippen LogP contribution in [0.1, 0.15) is 11.1 Å². The van der Waals surface area contributed by atoms with Gasteiger partial charge in [-0.25, -0.2) is 9.07 Å². The Morgan fingerprint density at radius 1 is 1.10 bits per heavy atom. The van der Waals surface area contributed by atoms with E-state index >= 15 is 0 Å². The maximum absolute atomic E-state index is 13.0. The van der Waals surface area contributed by atoms with Crippen molar-refractivity contribution in [1.82, 2.24) is 9.78 Å². The van der Waals surface area contributed by atoms with Gasteiger partial charge < -0.3 is 5.73 Å². The highest BCUT2D eigenvalue weighted by molar-refractivity contribution is 5.62. The van der Waals surface area contributed by atoms with Gasteiger partial charge in [0.25, 0.3) is 0 Å². The Hall–Kier alpha value is -2.62. The summed E-state index contributed by atoms with van der Waals surface area (Å²) in [5, 5.41) is 4.50. The molecule has 1 aromatic heterocycles. The van der Waals surface area contributed by atoms with Gasteiger partial charge in [-0.2, -0.15) is 5.10 Å². The lowest BCUT2D eigenvalue weighted by atomic mass is 10.1. The fourth-order valence-electron chi connectivity index (χ4n) is 2.30. The molecule has 0 amide bonds. The van der Waals surface area contributed by atoms with Crippen LogP contribution in [-0.4, -0.2) is 9.78 Å². The van der Waals surface area contributed by atoms with Crippen LogP contribution in [-0.2, 0) is 6.54 Å². The standard InChI is InChI=1S/C17H16FN3/c1-12-3-2-4-13(9-12)11-21-17(19)10-16(20-21)14-5-7-15(18)8-6-14/h2-10H,11,19H2,1H3. The summed E-state index contributed by atoms with van der Waals surface area (Å²) < 4.78 is 14.7. The lowest BCUT2D eigenvalue weighted by molar-refractivity contribution is 0.628. The minimum atomic E-state index is -0.258. The second-order valence-electron chi connectivity index (χ2n) is 5.11. The first-order chi connectivity index (χ1) is 10.1. The van der Waals surface area contributed by atoms with Crippen LogP contribution in [0.25, 0.3) is 11.3 Å². The summed E-state index contributed by atoms with van der Waals surface area (Å²) in [4.78, 5) is 0. The van der Waals surface area contributed by atoms with E-state index in [0.717, 1.165) is 16.8 Å². The number of rotatable bonds is 3. The van der Waals surface area contributed by atoms with Gasteiger partial charge in [-0.15, -0.1) is 0 Å². The minimum Gasteiger partial charge on any atom is -0.384 e. The molecule has 2 N–H and O–H groups in total. The van der Waals surface area contributed by atoms with Crippen LogP contribution < -0.4 is 5.73 Å². The summed E-state index contributed by atoms with van der Waals surface area (Å²) in [5.74, 6) is 0.335. The van der Waals surface area contributed by atoms with Gasteiger partial charge in [0.1, 0.15) is 11.6 Å². The van der Waals surface area contributed by atoms with Gasteiger partial charge in [0, 0.05) is 11.6 Å². The highest BCUT2D eigenvalue weighted by Crippen LogP contribution is 2.21. The number of anilines is 1. The normalized spacial score (nSPS) is 10.8. The molecule has 3 aromatic rings. The number of hydrogen-bond donors (Lipinski definition) is 1. The van der Waals surface area contributed by atoms with E-state index in [-0.39, 0.29) is 5.82 Å². The molecule has 0 aliphatic carbocycles. The van der Waals surface area contributed by atoms with Crippen molar-refractivity contribution >= 4 is 5.82 Å². The third-order valence-corrected chi connectivity index (χ3v) is 3.37. The Labute approximate surface area is 122 Å². The first kappa shape index (κ1) is 13.4. The van der Waals surface area contributed by atoms with Crippen LogP contribution in [0.5, 0.6) is 0 Å². The Kier molecular flexibility index (Phi) is 3.44. The van der Waals surface area contributed by atoms with E-state index in [0.29, 0.717) is 12.4 Å². The lowest BCUT2D eigenvalue weighted by Gasteiger charge is -2.05. The number of halogens is 1. The zero-order valence-electron chi connectivity index (χ0n) is 11.8. The number of aromatic nitrogens is 2.